The molecule has 4 atom stereocenters. The number of aliphatic hydroxyl groups is 3. The monoisotopic (exact) mass is 341 g/mol. The number of rotatable bonds is 4. The quantitative estimate of drug-likeness (QED) is 0.406. The van der Waals surface area contributed by atoms with Crippen molar-refractivity contribution in [1.29, 1.82) is 0 Å². The van der Waals surface area contributed by atoms with Crippen LogP contribution in [0.5, 0.6) is 0 Å². The molecule has 0 aliphatic carbocycles. The summed E-state index contributed by atoms with van der Waals surface area (Å²) in [5, 5.41) is 29.3. The molecule has 1 fully saturated rings. The van der Waals surface area contributed by atoms with E-state index in [-0.39, 0.29) is 23.7 Å². The summed E-state index contributed by atoms with van der Waals surface area (Å²) in [5.41, 5.74) is 4.30. The number of aryl methyl sites for hydroxylation is 1. The van der Waals surface area contributed by atoms with Gasteiger partial charge in [0.15, 0.2) is 17.4 Å². The number of ether oxygens (including phenoxy) is 1. The van der Waals surface area contributed by atoms with Gasteiger partial charge in [-0.15, -0.1) is 0 Å². The lowest BCUT2D eigenvalue weighted by Crippen LogP contribution is -2.36. The lowest BCUT2D eigenvalue weighted by atomic mass is 10.1. The van der Waals surface area contributed by atoms with E-state index in [1.54, 1.807) is 0 Å². The normalized spacial score (nSPS) is 27.2. The maximum atomic E-state index is 12.7. The van der Waals surface area contributed by atoms with Crippen LogP contribution >= 0.6 is 0 Å². The zero-order valence-corrected chi connectivity index (χ0v) is 12.9. The molecule has 0 radical (unpaired) electrons. The molecule has 3 rings (SSSR count). The number of nitrogens with one attached hydrogen (secondary N) is 1. The molecule has 3 heterocycles. The number of aromatic amines is 1. The summed E-state index contributed by atoms with van der Waals surface area (Å²) in [7, 11) is 0. The maximum Gasteiger partial charge on any atom is 0.332 e. The number of aliphatic hydroxyl groups excluding tert-OH is 3. The Kier molecular flexibility index (Phi) is 4.17. The third-order valence-corrected chi connectivity index (χ3v) is 4.05. The van der Waals surface area contributed by atoms with E-state index in [0.29, 0.717) is 6.42 Å². The molecule has 0 amide bonds. The Balaban J connectivity index is 2.27. The molecule has 11 nitrogen and oxygen atoms in total. The van der Waals surface area contributed by atoms with Crippen molar-refractivity contribution in [2.24, 2.45) is 0 Å². The number of hydrogen-bond donors (Lipinski definition) is 5. The van der Waals surface area contributed by atoms with Crippen LogP contribution in [0.15, 0.2) is 9.59 Å². The van der Waals surface area contributed by atoms with Crippen LogP contribution in [0.25, 0.3) is 11.2 Å². The molecule has 2 unspecified atom stereocenters. The molecule has 2 aromatic rings. The highest BCUT2D eigenvalue weighted by Crippen LogP contribution is 2.30. The fourth-order valence-electron chi connectivity index (χ4n) is 2.95. The van der Waals surface area contributed by atoms with Crippen molar-refractivity contribution >= 4 is 17.1 Å². The van der Waals surface area contributed by atoms with Crippen molar-refractivity contribution in [3.63, 3.8) is 0 Å². The van der Waals surface area contributed by atoms with E-state index in [9.17, 15) is 24.9 Å². The van der Waals surface area contributed by atoms with Crippen LogP contribution in [-0.4, -0.2) is 59.3 Å². The second-order valence-electron chi connectivity index (χ2n) is 5.66. The molecule has 1 aliphatic heterocycles. The van der Waals surface area contributed by atoms with Gasteiger partial charge in [0.05, 0.1) is 6.61 Å². The van der Waals surface area contributed by atoms with E-state index in [1.165, 1.54) is 4.57 Å². The van der Waals surface area contributed by atoms with E-state index in [1.807, 2.05) is 6.92 Å². The van der Waals surface area contributed by atoms with Gasteiger partial charge in [-0.05, 0) is 6.42 Å². The van der Waals surface area contributed by atoms with Crippen molar-refractivity contribution in [1.82, 2.24) is 19.1 Å². The minimum absolute atomic E-state index is 0.00814. The van der Waals surface area contributed by atoms with Crippen molar-refractivity contribution in [3.8, 4) is 0 Å². The Morgan fingerprint density at radius 3 is 2.62 bits per heavy atom. The maximum absolute atomic E-state index is 12.7. The molecule has 1 saturated heterocycles. The van der Waals surface area contributed by atoms with Gasteiger partial charge in [-0.3, -0.25) is 14.3 Å². The van der Waals surface area contributed by atoms with Crippen LogP contribution in [0.1, 0.15) is 19.6 Å². The number of nitrogen functional groups attached to an aromatic ring is 1. The molecular formula is C13H19N5O6. The first-order valence-corrected chi connectivity index (χ1v) is 7.53. The summed E-state index contributed by atoms with van der Waals surface area (Å²) >= 11 is 0. The molecule has 0 spiro atoms. The largest absolute Gasteiger partial charge is 0.394 e. The second-order valence-corrected chi connectivity index (χ2v) is 5.66. The summed E-state index contributed by atoms with van der Waals surface area (Å²) in [5.74, 6) is -0.193. The molecule has 6 N–H and O–H groups in total. The van der Waals surface area contributed by atoms with Gasteiger partial charge in [-0.2, -0.15) is 4.98 Å². The van der Waals surface area contributed by atoms with Gasteiger partial charge in [0, 0.05) is 6.54 Å². The van der Waals surface area contributed by atoms with Crippen LogP contribution in [0.2, 0.25) is 0 Å². The average molecular weight is 341 g/mol. The van der Waals surface area contributed by atoms with Gasteiger partial charge in [0.2, 0.25) is 5.95 Å². The molecule has 24 heavy (non-hydrogen) atoms. The number of anilines is 1. The minimum atomic E-state index is -1.47. The van der Waals surface area contributed by atoms with E-state index in [0.717, 1.165) is 4.57 Å². The van der Waals surface area contributed by atoms with Crippen LogP contribution in [0.3, 0.4) is 0 Å². The Morgan fingerprint density at radius 1 is 1.33 bits per heavy atom. The van der Waals surface area contributed by atoms with Crippen molar-refractivity contribution in [2.45, 2.75) is 44.4 Å². The van der Waals surface area contributed by atoms with Crippen molar-refractivity contribution in [3.05, 3.63) is 20.8 Å². The summed E-state index contributed by atoms with van der Waals surface area (Å²) < 4.78 is 7.59. The zero-order valence-electron chi connectivity index (χ0n) is 12.9. The van der Waals surface area contributed by atoms with Gasteiger partial charge in [-0.1, -0.05) is 6.92 Å². The van der Waals surface area contributed by atoms with Crippen LogP contribution < -0.4 is 17.0 Å². The summed E-state index contributed by atoms with van der Waals surface area (Å²) in [6.07, 6.45) is -4.61. The van der Waals surface area contributed by atoms with Gasteiger partial charge >= 0.3 is 5.69 Å². The van der Waals surface area contributed by atoms with E-state index >= 15 is 0 Å². The topological polar surface area (TPSA) is 169 Å². The predicted molar refractivity (Wildman–Crippen MR) is 82.3 cm³/mol. The molecule has 2 aromatic heterocycles. The number of nitrogens with zero attached hydrogens (tertiary/aromatic N) is 3. The van der Waals surface area contributed by atoms with Gasteiger partial charge < -0.3 is 25.8 Å². The van der Waals surface area contributed by atoms with Crippen LogP contribution in [0.4, 0.5) is 5.95 Å². The van der Waals surface area contributed by atoms with E-state index in [4.69, 9.17) is 10.5 Å². The lowest BCUT2D eigenvalue weighted by molar-refractivity contribution is -0.0528. The summed E-state index contributed by atoms with van der Waals surface area (Å²) in [6, 6.07) is 0. The zero-order chi connectivity index (χ0) is 17.6. The predicted octanol–water partition coefficient (Wildman–Crippen LogP) is -2.51. The molecule has 132 valence electrons. The van der Waals surface area contributed by atoms with Crippen LogP contribution in [-0.2, 0) is 11.3 Å². The molecule has 0 bridgehead atoms. The standard InChI is InChI=1S/C13H19N5O6/c1-2-3-17-6-9(15-12(14)16-10(6)22)18(13(17)23)11-8(21)7(20)5(4-19)24-11/h5,7-8,11,19-21H,2-4H2,1H3,(H3,14,15,16,22)/t5-,7?,8?,11-/m0/s1. The first-order chi connectivity index (χ1) is 11.4. The Labute approximate surface area is 134 Å². The Morgan fingerprint density at radius 2 is 2.04 bits per heavy atom. The number of imidazole rings is 1. The molecule has 0 aromatic carbocycles. The highest BCUT2D eigenvalue weighted by Gasteiger charge is 2.45. The lowest BCUT2D eigenvalue weighted by Gasteiger charge is -2.15. The highest BCUT2D eigenvalue weighted by molar-refractivity contribution is 5.71. The Bertz CT molecular complexity index is 870. The van der Waals surface area contributed by atoms with Crippen molar-refractivity contribution < 1.29 is 20.1 Å². The smallest absolute Gasteiger partial charge is 0.332 e. The first kappa shape index (κ1) is 16.6. The Hall–Kier alpha value is -2.21. The van der Waals surface area contributed by atoms with Crippen molar-refractivity contribution in [2.75, 3.05) is 12.3 Å². The van der Waals surface area contributed by atoms with Crippen LogP contribution in [0, 0.1) is 0 Å². The molecule has 1 aliphatic rings. The third kappa shape index (κ3) is 2.33. The number of H-pyrrole nitrogens is 1. The number of aromatic nitrogens is 4. The molecule has 0 saturated carbocycles. The number of nitrogens with two attached hydrogens (primary N) is 1. The summed E-state index contributed by atoms with van der Waals surface area (Å²) in [6.45, 7) is 1.56. The average Bonchev–Trinajstić information content (AvgIpc) is 2.96. The number of fused-ring (bicyclic) bond motifs is 1. The summed E-state index contributed by atoms with van der Waals surface area (Å²) in [4.78, 5) is 31.2. The highest BCUT2D eigenvalue weighted by atomic mass is 16.6. The minimum Gasteiger partial charge on any atom is -0.394 e. The van der Waals surface area contributed by atoms with Gasteiger partial charge in [0.1, 0.15) is 18.3 Å². The third-order valence-electron chi connectivity index (χ3n) is 4.05. The van der Waals surface area contributed by atoms with Gasteiger partial charge in [0.25, 0.3) is 5.56 Å². The molecular weight excluding hydrogens is 322 g/mol. The van der Waals surface area contributed by atoms with E-state index < -0.39 is 42.4 Å². The van der Waals surface area contributed by atoms with E-state index in [2.05, 4.69) is 9.97 Å². The fourth-order valence-corrected chi connectivity index (χ4v) is 2.95. The fraction of sp³-hybridized carbons (Fsp3) is 0.615. The second kappa shape index (κ2) is 6.02. The first-order valence-electron chi connectivity index (χ1n) is 7.53. The van der Waals surface area contributed by atoms with Gasteiger partial charge in [-0.25, -0.2) is 9.36 Å². The SMILES string of the molecule is CCCn1c(=O)n([C@H]2O[C@@H](CO)C(O)C2O)c2nc(N)[nH]c(=O)c21. The molecule has 11 heteroatoms. The number of hydrogen-bond acceptors (Lipinski definition) is 8.